The fourth-order valence-corrected chi connectivity index (χ4v) is 0. The van der Waals surface area contributed by atoms with Gasteiger partial charge in [-0.25, -0.2) is 0 Å². The van der Waals surface area contributed by atoms with Crippen molar-refractivity contribution in [3.63, 3.8) is 0 Å². The summed E-state index contributed by atoms with van der Waals surface area (Å²) in [6.07, 6.45) is 0. The molecule has 0 aliphatic carbocycles. The van der Waals surface area contributed by atoms with Crippen molar-refractivity contribution in [2.45, 2.75) is 0 Å². The predicted octanol–water partition coefficient (Wildman–Crippen LogP) is -0.683. The van der Waals surface area contributed by atoms with Gasteiger partial charge in [0.15, 0.2) is 5.11 Å². The molecule has 4 heteroatoms. The van der Waals surface area contributed by atoms with Gasteiger partial charge in [-0.15, -0.1) is 0 Å². The van der Waals surface area contributed by atoms with Crippen molar-refractivity contribution >= 4 is 17.3 Å². The van der Waals surface area contributed by atoms with Crippen molar-refractivity contribution in [3.8, 4) is 0 Å². The predicted molar refractivity (Wildman–Crippen MR) is 23.3 cm³/mol. The van der Waals surface area contributed by atoms with Gasteiger partial charge in [0, 0.05) is 0 Å². The molecule has 3 N–H and O–H groups in total. The van der Waals surface area contributed by atoms with Crippen molar-refractivity contribution in [1.82, 2.24) is 5.48 Å². The molecule has 0 saturated heterocycles. The SMILES string of the molecule is NC(=S)N[O-]. The van der Waals surface area contributed by atoms with Gasteiger partial charge in [-0.05, 0) is 12.2 Å². The molecule has 0 aromatic carbocycles. The van der Waals surface area contributed by atoms with Gasteiger partial charge in [-0.1, -0.05) is 0 Å². The number of hydrogen-bond acceptors (Lipinski definition) is 2. The van der Waals surface area contributed by atoms with Gasteiger partial charge in [0.25, 0.3) is 0 Å². The van der Waals surface area contributed by atoms with Crippen LogP contribution in [0.5, 0.6) is 0 Å². The normalized spacial score (nSPS) is 6.60. The molecule has 0 saturated carbocycles. The molecule has 0 aliphatic rings. The maximum absolute atomic E-state index is 9.11. The van der Waals surface area contributed by atoms with Gasteiger partial charge in [0.05, 0.1) is 0 Å². The molecule has 0 amide bonds. The van der Waals surface area contributed by atoms with E-state index in [0.29, 0.717) is 0 Å². The molecule has 0 aliphatic heterocycles. The highest BCUT2D eigenvalue weighted by Crippen LogP contribution is 1.45. The van der Waals surface area contributed by atoms with Crippen LogP contribution in [0.4, 0.5) is 0 Å². The third-order valence-corrected chi connectivity index (χ3v) is 0.184. The Hall–Kier alpha value is -0.350. The maximum atomic E-state index is 9.11. The molecule has 0 fully saturated rings. The van der Waals surface area contributed by atoms with Gasteiger partial charge in [-0.2, -0.15) is 0 Å². The van der Waals surface area contributed by atoms with E-state index in [2.05, 4.69) is 18.0 Å². The highest BCUT2D eigenvalue weighted by atomic mass is 32.1. The molecular formula is CH3N2OS-. The number of hydroxylamine groups is 1. The van der Waals surface area contributed by atoms with Crippen molar-refractivity contribution in [2.75, 3.05) is 0 Å². The van der Waals surface area contributed by atoms with Crippen LogP contribution in [0.15, 0.2) is 0 Å². The van der Waals surface area contributed by atoms with Crippen LogP contribution < -0.4 is 11.2 Å². The smallest absolute Gasteiger partial charge is 0.152 e. The van der Waals surface area contributed by atoms with E-state index in [1.54, 1.807) is 0 Å². The Balaban J connectivity index is 2.85. The number of nitrogens with two attached hydrogens (primary N) is 1. The average molecular weight is 91.1 g/mol. The summed E-state index contributed by atoms with van der Waals surface area (Å²) in [5.74, 6) is 0. The largest absolute Gasteiger partial charge is 0.759 e. The summed E-state index contributed by atoms with van der Waals surface area (Å²) >= 11 is 4.05. The van der Waals surface area contributed by atoms with E-state index < -0.39 is 0 Å². The Kier molecular flexibility index (Phi) is 1.79. The topological polar surface area (TPSA) is 61.1 Å². The molecule has 0 aromatic rings. The van der Waals surface area contributed by atoms with Gasteiger partial charge in [0.2, 0.25) is 0 Å². The third-order valence-electron chi connectivity index (χ3n) is 0.101. The minimum absolute atomic E-state index is 0.218. The van der Waals surface area contributed by atoms with E-state index in [1.165, 1.54) is 5.48 Å². The summed E-state index contributed by atoms with van der Waals surface area (Å²) in [5, 5.41) is 8.90. The lowest BCUT2D eigenvalue weighted by atomic mass is 11.2. The first-order valence-electron chi connectivity index (χ1n) is 0.947. The molecule has 0 aromatic heterocycles. The summed E-state index contributed by atoms with van der Waals surface area (Å²) in [5.41, 5.74) is 5.89. The van der Waals surface area contributed by atoms with Crippen LogP contribution >= 0.6 is 12.2 Å². The van der Waals surface area contributed by atoms with E-state index >= 15 is 0 Å². The number of nitrogens with one attached hydrogen (secondary N) is 1. The lowest BCUT2D eigenvalue weighted by Gasteiger charge is -2.01. The van der Waals surface area contributed by atoms with Crippen molar-refractivity contribution in [3.05, 3.63) is 5.21 Å². The average Bonchev–Trinajstić information content (AvgIpc) is 1.38. The Morgan fingerprint density at radius 2 is 2.20 bits per heavy atom. The molecule has 3 nitrogen and oxygen atoms in total. The Morgan fingerprint density at radius 3 is 2.20 bits per heavy atom. The molecule has 0 atom stereocenters. The standard InChI is InChI=1S/CH3N2OS/c2-1(5)3-4/h(H3-,2,3,4,5)/q-1. The van der Waals surface area contributed by atoms with Crippen LogP contribution in [-0.2, 0) is 0 Å². The molecule has 0 spiro atoms. The van der Waals surface area contributed by atoms with Crippen molar-refractivity contribution < 1.29 is 0 Å². The molecule has 5 heavy (non-hydrogen) atoms. The zero-order valence-corrected chi connectivity index (χ0v) is 3.21. The Labute approximate surface area is 34.7 Å². The zero-order valence-electron chi connectivity index (χ0n) is 2.39. The minimum atomic E-state index is -0.218. The van der Waals surface area contributed by atoms with Crippen LogP contribution in [0.2, 0.25) is 0 Å². The first kappa shape index (κ1) is 4.65. The van der Waals surface area contributed by atoms with E-state index in [1.807, 2.05) is 0 Å². The van der Waals surface area contributed by atoms with Crippen LogP contribution in [0, 0.1) is 5.21 Å². The Bertz CT molecular complexity index is 44.9. The monoisotopic (exact) mass is 91.0 g/mol. The summed E-state index contributed by atoms with van der Waals surface area (Å²) in [7, 11) is 0. The second kappa shape index (κ2) is 1.92. The first-order chi connectivity index (χ1) is 2.27. The van der Waals surface area contributed by atoms with Crippen molar-refractivity contribution in [1.29, 1.82) is 0 Å². The summed E-state index contributed by atoms with van der Waals surface area (Å²) < 4.78 is 0. The summed E-state index contributed by atoms with van der Waals surface area (Å²) in [6, 6.07) is 0. The lowest BCUT2D eigenvalue weighted by molar-refractivity contribution is 1.30. The summed E-state index contributed by atoms with van der Waals surface area (Å²) in [4.78, 5) is 0. The quantitative estimate of drug-likeness (QED) is 0.306. The van der Waals surface area contributed by atoms with Gasteiger partial charge >= 0.3 is 0 Å². The highest BCUT2D eigenvalue weighted by Gasteiger charge is 1.59. The van der Waals surface area contributed by atoms with Crippen LogP contribution in [0.25, 0.3) is 0 Å². The second-order valence-electron chi connectivity index (χ2n) is 0.466. The lowest BCUT2D eigenvalue weighted by Crippen LogP contribution is -2.22. The van der Waals surface area contributed by atoms with Crippen LogP contribution in [-0.4, -0.2) is 5.11 Å². The number of rotatable bonds is 0. The zero-order chi connectivity index (χ0) is 4.28. The fourth-order valence-electron chi connectivity index (χ4n) is 0. The van der Waals surface area contributed by atoms with Gasteiger partial charge in [0.1, 0.15) is 0 Å². The highest BCUT2D eigenvalue weighted by molar-refractivity contribution is 7.80. The molecular weight excluding hydrogens is 88.1 g/mol. The van der Waals surface area contributed by atoms with Crippen LogP contribution in [0.1, 0.15) is 0 Å². The molecule has 0 unspecified atom stereocenters. The minimum Gasteiger partial charge on any atom is -0.759 e. The van der Waals surface area contributed by atoms with Gasteiger partial charge < -0.3 is 16.4 Å². The molecule has 0 bridgehead atoms. The van der Waals surface area contributed by atoms with Crippen LogP contribution in [0.3, 0.4) is 0 Å². The molecule has 0 rings (SSSR count). The van der Waals surface area contributed by atoms with E-state index in [4.69, 9.17) is 5.21 Å². The van der Waals surface area contributed by atoms with E-state index in [9.17, 15) is 0 Å². The maximum Gasteiger partial charge on any atom is 0.152 e. The summed E-state index contributed by atoms with van der Waals surface area (Å²) in [6.45, 7) is 0. The van der Waals surface area contributed by atoms with Gasteiger partial charge in [-0.3, -0.25) is 0 Å². The second-order valence-corrected chi connectivity index (χ2v) is 0.906. The Morgan fingerprint density at radius 1 is 2.00 bits per heavy atom. The molecule has 0 heterocycles. The first-order valence-corrected chi connectivity index (χ1v) is 1.36. The molecule has 0 radical (unpaired) electrons. The third kappa shape index (κ3) is 3.65. The fraction of sp³-hybridized carbons (Fsp3) is 0. The van der Waals surface area contributed by atoms with Crippen molar-refractivity contribution in [2.24, 2.45) is 5.73 Å². The van der Waals surface area contributed by atoms with E-state index in [0.717, 1.165) is 0 Å². The van der Waals surface area contributed by atoms with E-state index in [-0.39, 0.29) is 5.11 Å². The molecule has 30 valence electrons. The number of hydrogen-bond donors (Lipinski definition) is 2. The number of thiocarbonyl (C=S) groups is 1.